The molecule has 0 aromatic heterocycles. The minimum absolute atomic E-state index is 0.101. The van der Waals surface area contributed by atoms with E-state index in [1.54, 1.807) is 26.0 Å². The zero-order chi connectivity index (χ0) is 16.2. The van der Waals surface area contributed by atoms with Crippen LogP contribution in [-0.4, -0.2) is 31.3 Å². The zero-order valence-electron chi connectivity index (χ0n) is 13.5. The average molecular weight is 294 g/mol. The first-order valence-corrected chi connectivity index (χ1v) is 7.21. The molecule has 1 aromatic rings. The minimum Gasteiger partial charge on any atom is -0.508 e. The number of ether oxygens (including phenoxy) is 1. The van der Waals surface area contributed by atoms with Gasteiger partial charge >= 0.3 is 5.97 Å². The Morgan fingerprint density at radius 1 is 1.38 bits per heavy atom. The van der Waals surface area contributed by atoms with Crippen LogP contribution in [0.15, 0.2) is 18.2 Å². The fourth-order valence-corrected chi connectivity index (χ4v) is 2.36. The number of anilines is 1. The first-order valence-electron chi connectivity index (χ1n) is 7.21. The number of esters is 1. The molecular formula is C16H26N2O3. The van der Waals surface area contributed by atoms with E-state index in [1.807, 2.05) is 6.07 Å². The van der Waals surface area contributed by atoms with Crippen molar-refractivity contribution in [1.29, 1.82) is 0 Å². The molecule has 21 heavy (non-hydrogen) atoms. The van der Waals surface area contributed by atoms with Crippen molar-refractivity contribution in [2.75, 3.05) is 25.1 Å². The van der Waals surface area contributed by atoms with Gasteiger partial charge in [-0.2, -0.15) is 0 Å². The molecule has 0 spiro atoms. The summed E-state index contributed by atoms with van der Waals surface area (Å²) in [4.78, 5) is 14.0. The normalized spacial score (nSPS) is 12.9. The Morgan fingerprint density at radius 2 is 1.95 bits per heavy atom. The molecule has 118 valence electrons. The van der Waals surface area contributed by atoms with Crippen molar-refractivity contribution in [3.05, 3.63) is 23.8 Å². The van der Waals surface area contributed by atoms with Crippen LogP contribution in [0.3, 0.4) is 0 Å². The largest absolute Gasteiger partial charge is 0.508 e. The Balaban J connectivity index is 3.13. The lowest BCUT2D eigenvalue weighted by molar-refractivity contribution is -0.152. The summed E-state index contributed by atoms with van der Waals surface area (Å²) in [7, 11) is 1.33. The van der Waals surface area contributed by atoms with Crippen LogP contribution in [0.4, 0.5) is 5.69 Å². The minimum atomic E-state index is -0.914. The monoisotopic (exact) mass is 294 g/mol. The number of phenolic OH excluding ortho intramolecular Hbond substituents is 1. The summed E-state index contributed by atoms with van der Waals surface area (Å²) >= 11 is 0. The van der Waals surface area contributed by atoms with Gasteiger partial charge in [0.1, 0.15) is 5.75 Å². The summed E-state index contributed by atoms with van der Waals surface area (Å²) in [6.45, 7) is 9.24. The molecule has 0 aliphatic carbocycles. The Hall–Kier alpha value is -1.75. The van der Waals surface area contributed by atoms with Gasteiger partial charge in [-0.3, -0.25) is 4.79 Å². The number of benzene rings is 1. The quantitative estimate of drug-likeness (QED) is 0.788. The molecule has 0 radical (unpaired) electrons. The Kier molecular flexibility index (Phi) is 5.61. The number of hydrogen-bond acceptors (Lipinski definition) is 5. The Labute approximate surface area is 126 Å². The van der Waals surface area contributed by atoms with Crippen molar-refractivity contribution in [3.8, 4) is 5.75 Å². The molecule has 5 heteroatoms. The smallest absolute Gasteiger partial charge is 0.313 e. The van der Waals surface area contributed by atoms with Crippen LogP contribution in [-0.2, 0) is 9.53 Å². The van der Waals surface area contributed by atoms with E-state index in [1.165, 1.54) is 7.11 Å². The maximum Gasteiger partial charge on any atom is 0.313 e. The van der Waals surface area contributed by atoms with Crippen LogP contribution in [0.2, 0.25) is 0 Å². The molecule has 1 atom stereocenters. The van der Waals surface area contributed by atoms with Gasteiger partial charge < -0.3 is 20.5 Å². The van der Waals surface area contributed by atoms with Crippen molar-refractivity contribution < 1.29 is 14.6 Å². The van der Waals surface area contributed by atoms with E-state index >= 15 is 0 Å². The highest BCUT2D eigenvalue weighted by Crippen LogP contribution is 2.38. The summed E-state index contributed by atoms with van der Waals surface area (Å²) < 4.78 is 4.79. The lowest BCUT2D eigenvalue weighted by Gasteiger charge is -2.30. The third kappa shape index (κ3) is 3.47. The molecule has 0 heterocycles. The van der Waals surface area contributed by atoms with Crippen molar-refractivity contribution in [3.63, 3.8) is 0 Å². The van der Waals surface area contributed by atoms with Crippen LogP contribution >= 0.6 is 0 Å². The molecule has 0 fully saturated rings. The predicted molar refractivity (Wildman–Crippen MR) is 84.4 cm³/mol. The van der Waals surface area contributed by atoms with E-state index in [4.69, 9.17) is 10.5 Å². The topological polar surface area (TPSA) is 75.8 Å². The van der Waals surface area contributed by atoms with Gasteiger partial charge in [0.2, 0.25) is 0 Å². The van der Waals surface area contributed by atoms with Gasteiger partial charge in [0, 0.05) is 36.4 Å². The van der Waals surface area contributed by atoms with Crippen LogP contribution < -0.4 is 10.6 Å². The second kappa shape index (κ2) is 6.80. The maximum absolute atomic E-state index is 11.8. The highest BCUT2D eigenvalue weighted by atomic mass is 16.5. The second-order valence-corrected chi connectivity index (χ2v) is 5.61. The fraction of sp³-hybridized carbons (Fsp3) is 0.562. The van der Waals surface area contributed by atoms with Crippen molar-refractivity contribution in [1.82, 2.24) is 0 Å². The number of carbonyl (C=O) groups is 1. The van der Waals surface area contributed by atoms with Crippen LogP contribution in [0.5, 0.6) is 5.75 Å². The highest BCUT2D eigenvalue weighted by Gasteiger charge is 2.37. The van der Waals surface area contributed by atoms with E-state index in [9.17, 15) is 9.90 Å². The number of nitrogens with zero attached hydrogens (tertiary/aromatic N) is 1. The van der Waals surface area contributed by atoms with Gasteiger partial charge in [0.25, 0.3) is 0 Å². The molecule has 0 unspecified atom stereocenters. The van der Waals surface area contributed by atoms with E-state index in [0.29, 0.717) is 5.56 Å². The van der Waals surface area contributed by atoms with Gasteiger partial charge in [-0.15, -0.1) is 0 Å². The number of rotatable bonds is 6. The fourth-order valence-electron chi connectivity index (χ4n) is 2.36. The lowest BCUT2D eigenvalue weighted by atomic mass is 9.80. The Morgan fingerprint density at radius 3 is 2.38 bits per heavy atom. The van der Waals surface area contributed by atoms with Crippen molar-refractivity contribution in [2.45, 2.75) is 33.7 Å². The van der Waals surface area contributed by atoms with E-state index in [2.05, 4.69) is 18.7 Å². The van der Waals surface area contributed by atoms with Gasteiger partial charge in [-0.25, -0.2) is 0 Å². The molecule has 3 N–H and O–H groups in total. The first-order chi connectivity index (χ1) is 9.79. The first kappa shape index (κ1) is 17.3. The molecule has 5 nitrogen and oxygen atoms in total. The molecular weight excluding hydrogens is 268 g/mol. The predicted octanol–water partition coefficient (Wildman–Crippen LogP) is 2.44. The number of carbonyl (C=O) groups excluding carboxylic acids is 1. The van der Waals surface area contributed by atoms with Gasteiger partial charge in [0.05, 0.1) is 12.5 Å². The standard InChI is InChI=1S/C16H26N2O3/c1-6-18(7-2)11-8-9-12(13(19)10-11)14(17)16(3,4)15(20)21-5/h8-10,14,19H,6-7,17H2,1-5H3/t14-/m1/s1. The molecule has 0 saturated heterocycles. The van der Waals surface area contributed by atoms with Crippen LogP contribution in [0, 0.1) is 5.41 Å². The SMILES string of the molecule is CCN(CC)c1ccc([C@@H](N)C(C)(C)C(=O)OC)c(O)c1. The van der Waals surface area contributed by atoms with Crippen LogP contribution in [0.1, 0.15) is 39.3 Å². The van der Waals surface area contributed by atoms with E-state index in [-0.39, 0.29) is 5.75 Å². The summed E-state index contributed by atoms with van der Waals surface area (Å²) in [5.74, 6) is -0.300. The highest BCUT2D eigenvalue weighted by molar-refractivity contribution is 5.77. The zero-order valence-corrected chi connectivity index (χ0v) is 13.5. The van der Waals surface area contributed by atoms with Gasteiger partial charge in [-0.1, -0.05) is 6.07 Å². The molecule has 0 aliphatic rings. The molecule has 0 amide bonds. The average Bonchev–Trinajstić information content (AvgIpc) is 2.47. The number of phenols is 1. The lowest BCUT2D eigenvalue weighted by Crippen LogP contribution is -2.37. The number of aromatic hydroxyl groups is 1. The summed E-state index contributed by atoms with van der Waals surface area (Å²) in [6.07, 6.45) is 0. The maximum atomic E-state index is 11.8. The van der Waals surface area contributed by atoms with E-state index in [0.717, 1.165) is 18.8 Å². The molecule has 0 aliphatic heterocycles. The molecule has 1 aromatic carbocycles. The third-order valence-corrected chi connectivity index (χ3v) is 3.97. The molecule has 0 saturated carbocycles. The molecule has 1 rings (SSSR count). The Bertz CT molecular complexity index is 496. The number of methoxy groups -OCH3 is 1. The summed E-state index contributed by atoms with van der Waals surface area (Å²) in [6, 6.07) is 4.74. The summed E-state index contributed by atoms with van der Waals surface area (Å²) in [5, 5.41) is 10.3. The number of nitrogens with two attached hydrogens (primary N) is 1. The van der Waals surface area contributed by atoms with Crippen molar-refractivity contribution in [2.24, 2.45) is 11.1 Å². The summed E-state index contributed by atoms with van der Waals surface area (Å²) in [5.41, 5.74) is 6.73. The molecule has 0 bridgehead atoms. The third-order valence-electron chi connectivity index (χ3n) is 3.97. The van der Waals surface area contributed by atoms with E-state index < -0.39 is 17.4 Å². The van der Waals surface area contributed by atoms with Crippen molar-refractivity contribution >= 4 is 11.7 Å². The van der Waals surface area contributed by atoms with Crippen LogP contribution in [0.25, 0.3) is 0 Å². The van der Waals surface area contributed by atoms with Gasteiger partial charge in [-0.05, 0) is 33.8 Å². The van der Waals surface area contributed by atoms with Gasteiger partial charge in [0.15, 0.2) is 0 Å². The number of hydrogen-bond donors (Lipinski definition) is 2. The second-order valence-electron chi connectivity index (χ2n) is 5.61.